The van der Waals surface area contributed by atoms with Gasteiger partial charge in [-0.3, -0.25) is 5.43 Å². The van der Waals surface area contributed by atoms with E-state index in [0.29, 0.717) is 0 Å². The number of hydrazine groups is 1. The van der Waals surface area contributed by atoms with Gasteiger partial charge in [-0.1, -0.05) is 0 Å². The van der Waals surface area contributed by atoms with Crippen molar-refractivity contribution in [1.82, 2.24) is 15.0 Å². The minimum Gasteiger partial charge on any atom is -0.450 e. The van der Waals surface area contributed by atoms with Crippen molar-refractivity contribution >= 4 is 67.4 Å². The predicted molar refractivity (Wildman–Crippen MR) is 145 cm³/mol. The highest BCUT2D eigenvalue weighted by molar-refractivity contribution is 7.60. The lowest BCUT2D eigenvalue weighted by molar-refractivity contribution is 0.136. The number of carbonyl (C=O) groups excluding carboxylic acids is 2. The van der Waals surface area contributed by atoms with E-state index in [1.165, 1.54) is 12.4 Å². The second-order valence-electron chi connectivity index (χ2n) is 4.99. The number of primary amides is 4. The number of nitrogens with zero attached hydrogens (tertiary/aromatic N) is 5. The molecule has 0 radical (unpaired) electrons. The zero-order chi connectivity index (χ0) is 39.1. The van der Waals surface area contributed by atoms with Crippen LogP contribution in [0.2, 0.25) is 0 Å². The van der Waals surface area contributed by atoms with E-state index in [4.69, 9.17) is 91.6 Å². The molecule has 0 saturated heterocycles. The van der Waals surface area contributed by atoms with E-state index in [1.54, 1.807) is 0 Å². The lowest BCUT2D eigenvalue weighted by Gasteiger charge is -2.03. The van der Waals surface area contributed by atoms with Gasteiger partial charge in [0.2, 0.25) is 17.8 Å². The van der Waals surface area contributed by atoms with Crippen molar-refractivity contribution in [1.29, 1.82) is 10.5 Å². The molecule has 0 bridgehead atoms. The Hall–Kier alpha value is -4.72. The van der Waals surface area contributed by atoms with Crippen LogP contribution in [0.5, 0.6) is 0 Å². The van der Waals surface area contributed by atoms with Crippen molar-refractivity contribution in [3.05, 3.63) is 0 Å². The molecule has 46 heavy (non-hydrogen) atoms. The number of anilines is 3. The molecule has 34 nitrogen and oxygen atoms in total. The van der Waals surface area contributed by atoms with E-state index < -0.39 is 49.5 Å². The number of amides is 4. The number of nitrogens with two attached hydrogens (primary N) is 9. The Labute approximate surface area is 253 Å². The molecule has 1 aromatic rings. The number of nitrogens with one attached hydrogen (secondary N) is 1. The van der Waals surface area contributed by atoms with Gasteiger partial charge >= 0.3 is 49.5 Å². The van der Waals surface area contributed by atoms with Gasteiger partial charge in [0.25, 0.3) is 0 Å². The maximum Gasteiger partial charge on any atom is 0.503 e. The van der Waals surface area contributed by atoms with Crippen LogP contribution in [0.4, 0.5) is 32.2 Å². The number of carboxylic acid groups (broad SMARTS) is 2. The number of nitriles is 2. The van der Waals surface area contributed by atoms with Gasteiger partial charge in [0, 0.05) is 0 Å². The van der Waals surface area contributed by atoms with Crippen LogP contribution in [0.1, 0.15) is 0 Å². The van der Waals surface area contributed by atoms with Crippen molar-refractivity contribution in [2.24, 2.45) is 40.2 Å². The number of nitrogen functional groups attached to an aromatic ring is 3. The Morgan fingerprint density at radius 1 is 0.630 bits per heavy atom. The highest BCUT2D eigenvalue weighted by Crippen LogP contribution is 2.54. The maximum atomic E-state index is 9.63. The molecule has 0 spiro atoms. The largest absolute Gasteiger partial charge is 0.503 e. The molecule has 0 fully saturated rings. The Morgan fingerprint density at radius 3 is 0.870 bits per heavy atom. The highest BCUT2D eigenvalue weighted by Gasteiger charge is 2.28. The minimum atomic E-state index is -5.05. The molecule has 0 aliphatic carbocycles. The fraction of sp³-hybridized carbons (Fsp3) is 0. The molecular weight excluding hydrogens is 734 g/mol. The van der Waals surface area contributed by atoms with Gasteiger partial charge in [-0.2, -0.15) is 34.1 Å². The number of carbonyl (C=O) groups is 3. The monoisotopic (exact) mass is 763 g/mol. The van der Waals surface area contributed by atoms with Crippen molar-refractivity contribution in [2.45, 2.75) is 0 Å². The average Bonchev–Trinajstić information content (AvgIpc) is 2.68. The fourth-order valence-corrected chi connectivity index (χ4v) is 2.97. The molecule has 0 aromatic carbocycles. The summed E-state index contributed by atoms with van der Waals surface area (Å²) in [5, 5.41) is 28.1. The van der Waals surface area contributed by atoms with Crippen LogP contribution < -0.4 is 57.1 Å². The molecule has 270 valence electrons. The van der Waals surface area contributed by atoms with Crippen molar-refractivity contribution < 1.29 is 90.6 Å². The van der Waals surface area contributed by atoms with E-state index in [9.17, 15) is 18.3 Å². The zero-order valence-corrected chi connectivity index (χ0v) is 25.4. The standard InChI is InChI=1S/C3H7N7.2CH4N2O.2CH2N2.CH2O3.2H4O7P2/c4-1-7-2(5)9-3(8-1)10-6;2*2-1(3)4;2*2-1-3;2-1(3)4;2*1-8(2,3)7-9(4,5)6/h6H2,(H5,4,5,7,8,9,10);2*(H4,2,3,4);2*2H2;(H2,2,3,4);2*(H2,1,2,3)(H2,4,5,6). The van der Waals surface area contributed by atoms with Gasteiger partial charge in [0.05, 0.1) is 0 Å². The summed E-state index contributed by atoms with van der Waals surface area (Å²) < 4.78 is 44.4. The first kappa shape index (κ1) is 57.0. The van der Waals surface area contributed by atoms with Gasteiger partial charge in [-0.15, -0.1) is 0 Å². The third kappa shape index (κ3) is 127. The summed E-state index contributed by atoms with van der Waals surface area (Å²) in [7, 11) is -20.2. The van der Waals surface area contributed by atoms with E-state index >= 15 is 0 Å². The summed E-state index contributed by atoms with van der Waals surface area (Å²) in [5.41, 5.74) is 37.9. The third-order valence-electron chi connectivity index (χ3n) is 1.22. The minimum absolute atomic E-state index is 0.0421. The molecule has 1 rings (SSSR count). The van der Waals surface area contributed by atoms with E-state index in [2.05, 4.69) is 63.4 Å². The molecule has 0 aliphatic heterocycles. The van der Waals surface area contributed by atoms with Crippen LogP contribution in [0.3, 0.4) is 0 Å². The predicted octanol–water partition coefficient (Wildman–Crippen LogP) is -6.18. The van der Waals surface area contributed by atoms with Gasteiger partial charge in [-0.25, -0.2) is 38.5 Å². The van der Waals surface area contributed by atoms with Crippen LogP contribution in [0.25, 0.3) is 0 Å². The van der Waals surface area contributed by atoms with Gasteiger partial charge in [0.15, 0.2) is 12.4 Å². The second kappa shape index (κ2) is 30.3. The highest BCUT2D eigenvalue weighted by atomic mass is 31.3. The maximum absolute atomic E-state index is 9.63. The summed E-state index contributed by atoms with van der Waals surface area (Å²) in [6, 6.07) is -1.67. The first-order valence-electron chi connectivity index (χ1n) is 8.76. The first-order chi connectivity index (χ1) is 20.2. The van der Waals surface area contributed by atoms with Gasteiger partial charge in [-0.05, 0) is 0 Å². The summed E-state index contributed by atoms with van der Waals surface area (Å²) in [4.78, 5) is 99.3. The molecule has 1 aromatic heterocycles. The molecule has 29 N–H and O–H groups in total. The Kier molecular flexibility index (Phi) is 37.6. The summed E-state index contributed by atoms with van der Waals surface area (Å²) >= 11 is 0. The molecule has 38 heteroatoms. The quantitative estimate of drug-likeness (QED) is 0.0436. The van der Waals surface area contributed by atoms with E-state index in [0.717, 1.165) is 0 Å². The number of aromatic nitrogens is 3. The average molecular weight is 763 g/mol. The smallest absolute Gasteiger partial charge is 0.450 e. The van der Waals surface area contributed by atoms with Crippen molar-refractivity contribution in [2.75, 3.05) is 16.9 Å². The third-order valence-corrected chi connectivity index (χ3v) is 4.63. The zero-order valence-electron chi connectivity index (χ0n) is 21.9. The van der Waals surface area contributed by atoms with E-state index in [-0.39, 0.29) is 17.8 Å². The normalized spacial score (nSPS) is 9.28. The van der Waals surface area contributed by atoms with Crippen LogP contribution in [0.15, 0.2) is 0 Å². The Morgan fingerprint density at radius 2 is 0.783 bits per heavy atom. The lowest BCUT2D eigenvalue weighted by atomic mass is 10.8. The molecule has 0 unspecified atom stereocenters. The Bertz CT molecular complexity index is 1120. The first-order valence-corrected chi connectivity index (χ1v) is 14.9. The number of rotatable bonds is 5. The molecule has 0 saturated carbocycles. The van der Waals surface area contributed by atoms with Gasteiger partial charge < -0.3 is 95.2 Å². The van der Waals surface area contributed by atoms with Crippen molar-refractivity contribution in [3.8, 4) is 12.4 Å². The van der Waals surface area contributed by atoms with Crippen molar-refractivity contribution in [3.63, 3.8) is 0 Å². The summed E-state index contributed by atoms with van der Waals surface area (Å²) in [5.74, 6) is 5.22. The van der Waals surface area contributed by atoms with Crippen LogP contribution in [-0.4, -0.2) is 82.5 Å². The van der Waals surface area contributed by atoms with Gasteiger partial charge in [0.1, 0.15) is 0 Å². The topological polar surface area (TPSA) is 673 Å². The summed E-state index contributed by atoms with van der Waals surface area (Å²) in [6.07, 6.45) is 0.667. The molecule has 0 aliphatic rings. The van der Waals surface area contributed by atoms with Crippen LogP contribution >= 0.6 is 31.3 Å². The number of urea groups is 2. The van der Waals surface area contributed by atoms with E-state index in [1.807, 2.05) is 0 Å². The molecule has 4 amide bonds. The lowest BCUT2D eigenvalue weighted by Crippen LogP contribution is -2.18. The van der Waals surface area contributed by atoms with Crippen LogP contribution in [-0.2, 0) is 26.9 Å². The Balaban J connectivity index is -0.0000000794. The molecule has 1 heterocycles. The number of hydrogen-bond acceptors (Lipinski definition) is 20. The molecule has 0 atom stereocenters. The second-order valence-corrected chi connectivity index (χ2v) is 10.2. The number of phosphoric acid groups is 4. The SMILES string of the molecule is N#CN.N#CN.NC(N)=O.NC(N)=O.NNc1nc(N)nc(N)n1.O=C(O)O.O=P(O)(O)OP(=O)(O)O.O=P(O)(O)OP(=O)(O)O. The molecular formula is C8H29N15O19P4. The van der Waals surface area contributed by atoms with Crippen LogP contribution in [0, 0.1) is 22.9 Å². The fourth-order valence-electron chi connectivity index (χ4n) is 0.751. The number of hydrogen-bond donors (Lipinski definition) is 20. The summed E-state index contributed by atoms with van der Waals surface area (Å²) in [6.45, 7) is 0.